The van der Waals surface area contributed by atoms with Crippen molar-refractivity contribution in [3.05, 3.63) is 0 Å². The molecule has 0 aliphatic carbocycles. The van der Waals surface area contributed by atoms with E-state index < -0.39 is 3.41 Å². The van der Waals surface area contributed by atoms with E-state index in [0.29, 0.717) is 0 Å². The molecule has 1 amide bonds. The lowest BCUT2D eigenvalue weighted by Crippen LogP contribution is -2.33. The molecular weight excluding hydrogens is 186 g/mol. The van der Waals surface area contributed by atoms with E-state index in [2.05, 4.69) is 0 Å². The number of primary amides is 1. The highest BCUT2D eigenvalue weighted by Gasteiger charge is 2.33. The molecule has 0 aliphatic rings. The van der Waals surface area contributed by atoms with Crippen molar-refractivity contribution in [3.63, 3.8) is 0 Å². The van der Waals surface area contributed by atoms with E-state index in [0.717, 1.165) is 0 Å². The Morgan fingerprint density at radius 2 is 1.50 bits per heavy atom. The van der Waals surface area contributed by atoms with E-state index in [1.165, 1.54) is 35.3 Å². The largest absolute Gasteiger partial charge is 0.367 e. The zero-order valence-electron chi connectivity index (χ0n) is 6.21. The lowest BCUT2D eigenvalue weighted by Gasteiger charge is -2.23. The smallest absolute Gasteiger partial charge is 0.254 e. The number of amides is 1. The van der Waals surface area contributed by atoms with Crippen LogP contribution in [-0.4, -0.2) is 28.1 Å². The summed E-state index contributed by atoms with van der Waals surface area (Å²) in [5.74, 6) is -0.264. The van der Waals surface area contributed by atoms with Gasteiger partial charge in [0.15, 0.2) is 3.41 Å². The van der Waals surface area contributed by atoms with E-state index in [1.807, 2.05) is 18.8 Å². The number of carbonyl (C=O) groups excluding carboxylic acids is 1. The Morgan fingerprint density at radius 3 is 1.50 bits per heavy atom. The number of hydrogen-bond donors (Lipinski definition) is 1. The van der Waals surface area contributed by atoms with Gasteiger partial charge in [0.25, 0.3) is 5.91 Å². The van der Waals surface area contributed by atoms with Crippen molar-refractivity contribution in [3.8, 4) is 0 Å². The molecule has 2 nitrogen and oxygen atoms in total. The van der Waals surface area contributed by atoms with Crippen molar-refractivity contribution in [1.82, 2.24) is 0 Å². The molecule has 0 saturated heterocycles. The van der Waals surface area contributed by atoms with E-state index in [-0.39, 0.29) is 5.91 Å². The Hall–Kier alpha value is 0.520. The quantitative estimate of drug-likeness (QED) is 0.688. The van der Waals surface area contributed by atoms with Gasteiger partial charge in [-0.3, -0.25) is 4.79 Å². The summed E-state index contributed by atoms with van der Waals surface area (Å²) in [6.07, 6.45) is 5.66. The van der Waals surface area contributed by atoms with Crippen LogP contribution in [0, 0.1) is 0 Å². The second-order valence-corrected chi connectivity index (χ2v) is 5.37. The van der Waals surface area contributed by atoms with Crippen molar-refractivity contribution >= 4 is 41.2 Å². The maximum absolute atomic E-state index is 10.9. The maximum atomic E-state index is 10.9. The molecule has 0 atom stereocenters. The minimum absolute atomic E-state index is 0.264. The van der Waals surface area contributed by atoms with Crippen LogP contribution in [0.2, 0.25) is 0 Å². The summed E-state index contributed by atoms with van der Waals surface area (Å²) in [7, 11) is 0. The predicted octanol–water partition coefficient (Wildman–Crippen LogP) is 1.21. The highest BCUT2D eigenvalue weighted by atomic mass is 32.3. The summed E-state index contributed by atoms with van der Waals surface area (Å²) in [5.41, 5.74) is 5.20. The Kier molecular flexibility index (Phi) is 4.64. The van der Waals surface area contributed by atoms with Crippen LogP contribution < -0.4 is 5.73 Å². The molecule has 0 saturated carbocycles. The summed E-state index contributed by atoms with van der Waals surface area (Å²) in [4.78, 5) is 10.9. The van der Waals surface area contributed by atoms with Crippen LogP contribution in [0.3, 0.4) is 0 Å². The number of hydrogen-bond acceptors (Lipinski definition) is 4. The molecular formula is C5H11NOS3. The van der Waals surface area contributed by atoms with Gasteiger partial charge in [-0.05, 0) is 18.8 Å². The molecule has 0 bridgehead atoms. The third kappa shape index (κ3) is 2.00. The molecule has 5 heteroatoms. The molecule has 0 aromatic rings. The molecule has 0 spiro atoms. The van der Waals surface area contributed by atoms with Gasteiger partial charge >= 0.3 is 0 Å². The lowest BCUT2D eigenvalue weighted by atomic mass is 10.7. The van der Waals surface area contributed by atoms with Gasteiger partial charge in [-0.15, -0.1) is 35.3 Å². The van der Waals surface area contributed by atoms with Gasteiger partial charge in [-0.25, -0.2) is 0 Å². The third-order valence-corrected chi connectivity index (χ3v) is 6.32. The Labute approximate surface area is 74.1 Å². The second kappa shape index (κ2) is 4.41. The van der Waals surface area contributed by atoms with Gasteiger partial charge in [-0.1, -0.05) is 0 Å². The zero-order chi connectivity index (χ0) is 8.20. The van der Waals surface area contributed by atoms with Gasteiger partial charge in [0.1, 0.15) is 0 Å². The van der Waals surface area contributed by atoms with Crippen molar-refractivity contribution in [1.29, 1.82) is 0 Å². The van der Waals surface area contributed by atoms with Crippen molar-refractivity contribution in [2.45, 2.75) is 3.41 Å². The number of carbonyl (C=O) groups is 1. The Morgan fingerprint density at radius 1 is 1.20 bits per heavy atom. The van der Waals surface area contributed by atoms with E-state index >= 15 is 0 Å². The van der Waals surface area contributed by atoms with Gasteiger partial charge in [0.2, 0.25) is 0 Å². The topological polar surface area (TPSA) is 43.1 Å². The van der Waals surface area contributed by atoms with Crippen molar-refractivity contribution in [2.24, 2.45) is 5.73 Å². The molecule has 0 radical (unpaired) electrons. The summed E-state index contributed by atoms with van der Waals surface area (Å²) in [6, 6.07) is 0. The summed E-state index contributed by atoms with van der Waals surface area (Å²) < 4.78 is -0.486. The highest BCUT2D eigenvalue weighted by Crippen LogP contribution is 2.42. The van der Waals surface area contributed by atoms with Crippen LogP contribution in [0.5, 0.6) is 0 Å². The van der Waals surface area contributed by atoms with Crippen LogP contribution in [0.4, 0.5) is 0 Å². The standard InChI is InChI=1S/C5H11NOS3/c1-8-5(9-2,10-3)4(6)7/h1-3H3,(H2,6,7). The number of thioether (sulfide) groups is 3. The van der Waals surface area contributed by atoms with Crippen LogP contribution in [-0.2, 0) is 4.79 Å². The SMILES string of the molecule is CSC(SC)(SC)C(N)=O. The molecule has 0 rings (SSSR count). The zero-order valence-corrected chi connectivity index (χ0v) is 8.66. The van der Waals surface area contributed by atoms with Crippen LogP contribution >= 0.6 is 35.3 Å². The summed E-state index contributed by atoms with van der Waals surface area (Å²) >= 11 is 4.43. The first kappa shape index (κ1) is 10.5. The fraction of sp³-hybridized carbons (Fsp3) is 0.800. The van der Waals surface area contributed by atoms with Gasteiger partial charge in [0.05, 0.1) is 0 Å². The molecule has 0 fully saturated rings. The average molecular weight is 197 g/mol. The lowest BCUT2D eigenvalue weighted by molar-refractivity contribution is -0.116. The predicted molar refractivity (Wildman–Crippen MR) is 52.5 cm³/mol. The molecule has 0 aromatic carbocycles. The van der Waals surface area contributed by atoms with E-state index in [4.69, 9.17) is 5.73 Å². The Balaban J connectivity index is 4.31. The molecule has 0 unspecified atom stereocenters. The van der Waals surface area contributed by atoms with Crippen molar-refractivity contribution in [2.75, 3.05) is 18.8 Å². The fourth-order valence-corrected chi connectivity index (χ4v) is 3.16. The monoisotopic (exact) mass is 197 g/mol. The molecule has 10 heavy (non-hydrogen) atoms. The van der Waals surface area contributed by atoms with Gasteiger partial charge < -0.3 is 5.73 Å². The maximum Gasteiger partial charge on any atom is 0.254 e. The van der Waals surface area contributed by atoms with Crippen LogP contribution in [0.25, 0.3) is 0 Å². The van der Waals surface area contributed by atoms with Gasteiger partial charge in [0, 0.05) is 0 Å². The molecule has 2 N–H and O–H groups in total. The van der Waals surface area contributed by atoms with Crippen LogP contribution in [0.1, 0.15) is 0 Å². The molecule has 60 valence electrons. The Bertz CT molecular complexity index is 116. The first-order chi connectivity index (χ1) is 4.63. The minimum atomic E-state index is -0.486. The first-order valence-corrected chi connectivity index (χ1v) is 6.25. The molecule has 0 aromatic heterocycles. The third-order valence-electron chi connectivity index (χ3n) is 1.11. The van der Waals surface area contributed by atoms with Crippen LogP contribution in [0.15, 0.2) is 0 Å². The molecule has 0 aliphatic heterocycles. The minimum Gasteiger partial charge on any atom is -0.367 e. The number of nitrogens with two attached hydrogens (primary N) is 1. The van der Waals surface area contributed by atoms with E-state index in [9.17, 15) is 4.79 Å². The average Bonchev–Trinajstić information content (AvgIpc) is 1.92. The number of rotatable bonds is 4. The second-order valence-electron chi connectivity index (χ2n) is 1.53. The highest BCUT2D eigenvalue weighted by molar-refractivity contribution is 8.34. The van der Waals surface area contributed by atoms with Gasteiger partial charge in [-0.2, -0.15) is 0 Å². The molecule has 0 heterocycles. The first-order valence-electron chi connectivity index (χ1n) is 2.58. The summed E-state index contributed by atoms with van der Waals surface area (Å²) in [5, 5.41) is 0. The van der Waals surface area contributed by atoms with Crippen molar-refractivity contribution < 1.29 is 4.79 Å². The fourth-order valence-electron chi connectivity index (χ4n) is 0.552. The summed E-state index contributed by atoms with van der Waals surface area (Å²) in [6.45, 7) is 0. The normalized spacial score (nSPS) is 11.5. The van der Waals surface area contributed by atoms with E-state index in [1.54, 1.807) is 0 Å².